The average Bonchev–Trinajstić information content (AvgIpc) is 2.21. The van der Waals surface area contributed by atoms with Crippen molar-refractivity contribution in [3.63, 3.8) is 0 Å². The molecule has 1 heterocycles. The third-order valence-corrected chi connectivity index (χ3v) is 2.40. The first-order valence-corrected chi connectivity index (χ1v) is 5.35. The quantitative estimate of drug-likeness (QED) is 0.612. The number of aromatic nitrogens is 1. The first-order valence-electron chi connectivity index (χ1n) is 4.56. The van der Waals surface area contributed by atoms with Gasteiger partial charge in [-0.2, -0.15) is 0 Å². The molecule has 0 radical (unpaired) electrons. The van der Waals surface area contributed by atoms with E-state index < -0.39 is 5.97 Å². The van der Waals surface area contributed by atoms with Gasteiger partial charge in [0.05, 0.1) is 6.42 Å². The summed E-state index contributed by atoms with van der Waals surface area (Å²) < 4.78 is 2.23. The van der Waals surface area contributed by atoms with Crippen molar-refractivity contribution in [2.24, 2.45) is 5.84 Å². The fourth-order valence-corrected chi connectivity index (χ4v) is 1.82. The van der Waals surface area contributed by atoms with Gasteiger partial charge in [-0.3, -0.25) is 9.59 Å². The Morgan fingerprint density at radius 3 is 3.00 bits per heavy atom. The molecule has 1 rings (SSSR count). The topological polar surface area (TPSA) is 86.3 Å². The lowest BCUT2D eigenvalue weighted by Gasteiger charge is -2.07. The molecule has 0 bridgehead atoms. The zero-order valence-electron chi connectivity index (χ0n) is 8.70. The molecule has 0 saturated carbocycles. The van der Waals surface area contributed by atoms with Crippen LogP contribution in [0.2, 0.25) is 0 Å². The van der Waals surface area contributed by atoms with E-state index in [-0.39, 0.29) is 18.5 Å². The second-order valence-electron chi connectivity index (χ2n) is 3.18. The number of hydrazine groups is 1. The lowest BCUT2D eigenvalue weighted by Crippen LogP contribution is -2.28. The highest BCUT2D eigenvalue weighted by Crippen LogP contribution is 2.08. The smallest absolute Gasteiger partial charge is 0.328 e. The maximum Gasteiger partial charge on any atom is 0.328 e. The summed E-state index contributed by atoms with van der Waals surface area (Å²) in [6.07, 6.45) is 1.69. The summed E-state index contributed by atoms with van der Waals surface area (Å²) in [7, 11) is 0. The third-order valence-electron chi connectivity index (χ3n) is 1.96. The molecule has 0 aliphatic heterocycles. The number of nitrogens with zero attached hydrogens (tertiary/aromatic N) is 1. The summed E-state index contributed by atoms with van der Waals surface area (Å²) in [5, 5.41) is 0. The molecule has 1 aromatic rings. The number of hydrogen-bond donors (Lipinski definition) is 2. The van der Waals surface area contributed by atoms with Crippen molar-refractivity contribution < 1.29 is 9.63 Å². The molecule has 3 N–H and O–H groups in total. The van der Waals surface area contributed by atoms with E-state index in [1.165, 1.54) is 4.57 Å². The second kappa shape index (κ2) is 5.78. The van der Waals surface area contributed by atoms with Crippen LogP contribution in [0, 0.1) is 6.92 Å². The summed E-state index contributed by atoms with van der Waals surface area (Å²) in [4.78, 5) is 27.0. The molecule has 16 heavy (non-hydrogen) atoms. The first-order chi connectivity index (χ1) is 7.54. The minimum atomic E-state index is -0.521. The number of hydrogen-bond acceptors (Lipinski definition) is 5. The lowest BCUT2D eigenvalue weighted by atomic mass is 10.3. The van der Waals surface area contributed by atoms with Crippen molar-refractivity contribution in [3.8, 4) is 0 Å². The van der Waals surface area contributed by atoms with E-state index in [1.54, 1.807) is 24.8 Å². The minimum Gasteiger partial charge on any atom is -0.356 e. The van der Waals surface area contributed by atoms with Crippen LogP contribution in [0.3, 0.4) is 0 Å². The van der Waals surface area contributed by atoms with Gasteiger partial charge < -0.3 is 9.40 Å². The van der Waals surface area contributed by atoms with Crippen LogP contribution in [0.15, 0.2) is 21.5 Å². The van der Waals surface area contributed by atoms with Gasteiger partial charge >= 0.3 is 5.97 Å². The molecule has 1 aromatic heterocycles. The summed E-state index contributed by atoms with van der Waals surface area (Å²) in [6, 6.07) is 1.72. The van der Waals surface area contributed by atoms with Crippen LogP contribution >= 0.6 is 15.9 Å². The molecular weight excluding hydrogens is 278 g/mol. The van der Waals surface area contributed by atoms with Crippen molar-refractivity contribution >= 4 is 21.9 Å². The molecule has 7 heteroatoms. The Morgan fingerprint density at radius 1 is 1.69 bits per heavy atom. The highest BCUT2D eigenvalue weighted by atomic mass is 79.9. The summed E-state index contributed by atoms with van der Waals surface area (Å²) >= 11 is 3.28. The van der Waals surface area contributed by atoms with Crippen LogP contribution in [0.4, 0.5) is 0 Å². The number of nitrogens with two attached hydrogens (primary N) is 1. The van der Waals surface area contributed by atoms with Gasteiger partial charge in [0.15, 0.2) is 0 Å². The standard InChI is InChI=1S/C9H12BrN3O3/c1-6-4-7(10)5-13(9(6)15)3-2-8(14)16-12-11/h4-5,12H,2-3,11H2,1H3. The predicted molar refractivity (Wildman–Crippen MR) is 61.2 cm³/mol. The number of rotatable bonds is 4. The highest BCUT2D eigenvalue weighted by Gasteiger charge is 2.06. The van der Waals surface area contributed by atoms with E-state index in [0.717, 1.165) is 4.47 Å². The molecule has 0 aliphatic carbocycles. The van der Waals surface area contributed by atoms with Gasteiger partial charge in [-0.15, -0.1) is 0 Å². The average molecular weight is 290 g/mol. The molecule has 0 aromatic carbocycles. The highest BCUT2D eigenvalue weighted by molar-refractivity contribution is 9.10. The zero-order valence-corrected chi connectivity index (χ0v) is 10.3. The van der Waals surface area contributed by atoms with Crippen LogP contribution in [-0.4, -0.2) is 10.5 Å². The number of aryl methyl sites for hydroxylation is 2. The van der Waals surface area contributed by atoms with Gasteiger partial charge in [0.25, 0.3) is 5.56 Å². The summed E-state index contributed by atoms with van der Waals surface area (Å²) in [5.74, 6) is 4.29. The van der Waals surface area contributed by atoms with E-state index in [9.17, 15) is 9.59 Å². The molecule has 6 nitrogen and oxygen atoms in total. The number of carbonyl (C=O) groups is 1. The van der Waals surface area contributed by atoms with E-state index >= 15 is 0 Å². The number of halogens is 1. The maximum atomic E-state index is 11.6. The molecule has 88 valence electrons. The van der Waals surface area contributed by atoms with Crippen molar-refractivity contribution in [3.05, 3.63) is 32.7 Å². The Hall–Kier alpha value is -1.18. The number of pyridine rings is 1. The third kappa shape index (κ3) is 3.44. The monoisotopic (exact) mass is 289 g/mol. The molecule has 0 saturated heterocycles. The molecule has 0 fully saturated rings. The van der Waals surface area contributed by atoms with Gasteiger partial charge in [-0.25, -0.2) is 5.84 Å². The summed E-state index contributed by atoms with van der Waals surface area (Å²) in [6.45, 7) is 1.96. The van der Waals surface area contributed by atoms with Crippen molar-refractivity contribution in [2.75, 3.05) is 0 Å². The van der Waals surface area contributed by atoms with Gasteiger partial charge in [0, 0.05) is 22.8 Å². The zero-order chi connectivity index (χ0) is 12.1. The summed E-state index contributed by atoms with van der Waals surface area (Å²) in [5.41, 5.74) is 2.28. The van der Waals surface area contributed by atoms with E-state index in [0.29, 0.717) is 5.56 Å². The van der Waals surface area contributed by atoms with E-state index in [2.05, 4.69) is 20.8 Å². The normalized spacial score (nSPS) is 10.2. The minimum absolute atomic E-state index is 0.0694. The number of carbonyl (C=O) groups excluding carboxylic acids is 1. The lowest BCUT2D eigenvalue weighted by molar-refractivity contribution is -0.151. The van der Waals surface area contributed by atoms with Crippen molar-refractivity contribution in [1.82, 2.24) is 10.2 Å². The van der Waals surface area contributed by atoms with Gasteiger partial charge in [-0.05, 0) is 28.9 Å². The van der Waals surface area contributed by atoms with Crippen LogP contribution in [0.5, 0.6) is 0 Å². The molecular formula is C9H12BrN3O3. The molecule has 0 amide bonds. The van der Waals surface area contributed by atoms with Crippen LogP contribution in [0.25, 0.3) is 0 Å². The molecule has 0 aliphatic rings. The SMILES string of the molecule is Cc1cc(Br)cn(CCC(=O)ONN)c1=O. The maximum absolute atomic E-state index is 11.6. The van der Waals surface area contributed by atoms with Crippen molar-refractivity contribution in [1.29, 1.82) is 0 Å². The Kier molecular flexibility index (Phi) is 4.66. The van der Waals surface area contributed by atoms with Crippen molar-refractivity contribution in [2.45, 2.75) is 19.9 Å². The fraction of sp³-hybridized carbons (Fsp3) is 0.333. The molecule has 0 atom stereocenters. The van der Waals surface area contributed by atoms with Gasteiger partial charge in [0.2, 0.25) is 0 Å². The Morgan fingerprint density at radius 2 is 2.38 bits per heavy atom. The molecule has 0 spiro atoms. The van der Waals surface area contributed by atoms with Crippen LogP contribution < -0.4 is 17.0 Å². The Bertz CT molecular complexity index is 444. The number of nitrogens with one attached hydrogen (secondary N) is 1. The second-order valence-corrected chi connectivity index (χ2v) is 4.10. The largest absolute Gasteiger partial charge is 0.356 e. The predicted octanol–water partition coefficient (Wildman–Crippen LogP) is 0.231. The Labute approximate surface area is 100 Å². The first kappa shape index (κ1) is 12.9. The Balaban J connectivity index is 2.74. The fourth-order valence-electron chi connectivity index (χ4n) is 1.23. The molecule has 0 unspecified atom stereocenters. The van der Waals surface area contributed by atoms with E-state index in [1.807, 2.05) is 0 Å². The van der Waals surface area contributed by atoms with Gasteiger partial charge in [-0.1, -0.05) is 5.59 Å². The van der Waals surface area contributed by atoms with Crippen LogP contribution in [-0.2, 0) is 16.2 Å². The van der Waals surface area contributed by atoms with E-state index in [4.69, 9.17) is 5.84 Å². The van der Waals surface area contributed by atoms with Crippen LogP contribution in [0.1, 0.15) is 12.0 Å². The van der Waals surface area contributed by atoms with Gasteiger partial charge in [0.1, 0.15) is 0 Å².